The van der Waals surface area contributed by atoms with E-state index >= 15 is 0 Å². The molecule has 0 bridgehead atoms. The molecule has 2 N–H and O–H groups in total. The predicted octanol–water partition coefficient (Wildman–Crippen LogP) is 2.27. The van der Waals surface area contributed by atoms with Crippen LogP contribution in [-0.4, -0.2) is 31.8 Å². The van der Waals surface area contributed by atoms with E-state index in [0.717, 1.165) is 40.8 Å². The normalized spacial score (nSPS) is 16.6. The Balaban J connectivity index is 1.49. The van der Waals surface area contributed by atoms with Crippen LogP contribution in [0.15, 0.2) is 36.8 Å². The lowest BCUT2D eigenvalue weighted by Gasteiger charge is -2.23. The Morgan fingerprint density at radius 1 is 1.33 bits per heavy atom. The summed E-state index contributed by atoms with van der Waals surface area (Å²) < 4.78 is 1.85. The van der Waals surface area contributed by atoms with Gasteiger partial charge in [-0.1, -0.05) is 6.07 Å². The average molecular weight is 322 g/mol. The highest BCUT2D eigenvalue weighted by atomic mass is 16.2. The Hall–Kier alpha value is -2.96. The first-order valence-electron chi connectivity index (χ1n) is 7.98. The number of hydrogen-bond acceptors (Lipinski definition) is 4. The van der Waals surface area contributed by atoms with E-state index in [4.69, 9.17) is 0 Å². The van der Waals surface area contributed by atoms with Crippen LogP contribution in [0, 0.1) is 6.92 Å². The number of aromatic nitrogens is 4. The van der Waals surface area contributed by atoms with Crippen molar-refractivity contribution in [2.24, 2.45) is 0 Å². The van der Waals surface area contributed by atoms with Crippen LogP contribution in [0.2, 0.25) is 0 Å². The van der Waals surface area contributed by atoms with Gasteiger partial charge < -0.3 is 10.6 Å². The lowest BCUT2D eigenvalue weighted by Crippen LogP contribution is -2.43. The molecule has 1 aliphatic heterocycles. The van der Waals surface area contributed by atoms with Gasteiger partial charge in [0, 0.05) is 18.0 Å². The lowest BCUT2D eigenvalue weighted by atomic mass is 10.1. The van der Waals surface area contributed by atoms with E-state index in [-0.39, 0.29) is 12.1 Å². The SMILES string of the molecule is Cc1cc(NC(=O)N[C@@H]2CCc3ncnn3C2)c2ncccc2c1. The smallest absolute Gasteiger partial charge is 0.319 e. The average Bonchev–Trinajstić information content (AvgIpc) is 3.02. The van der Waals surface area contributed by atoms with Gasteiger partial charge in [0.1, 0.15) is 12.2 Å². The summed E-state index contributed by atoms with van der Waals surface area (Å²) >= 11 is 0. The van der Waals surface area contributed by atoms with Gasteiger partial charge in [-0.15, -0.1) is 0 Å². The largest absolute Gasteiger partial charge is 0.333 e. The zero-order valence-electron chi connectivity index (χ0n) is 13.4. The minimum atomic E-state index is -0.221. The summed E-state index contributed by atoms with van der Waals surface area (Å²) in [6.45, 7) is 2.65. The molecule has 7 nitrogen and oxygen atoms in total. The van der Waals surface area contributed by atoms with Gasteiger partial charge in [0.15, 0.2) is 0 Å². The topological polar surface area (TPSA) is 84.7 Å². The predicted molar refractivity (Wildman–Crippen MR) is 90.8 cm³/mol. The van der Waals surface area contributed by atoms with Gasteiger partial charge in [-0.05, 0) is 37.1 Å². The van der Waals surface area contributed by atoms with Crippen molar-refractivity contribution in [2.45, 2.75) is 32.4 Å². The van der Waals surface area contributed by atoms with Crippen LogP contribution in [0.1, 0.15) is 17.8 Å². The van der Waals surface area contributed by atoms with Gasteiger partial charge in [-0.25, -0.2) is 14.5 Å². The summed E-state index contributed by atoms with van der Waals surface area (Å²) in [5.74, 6) is 0.974. The van der Waals surface area contributed by atoms with Gasteiger partial charge in [0.25, 0.3) is 0 Å². The third-order valence-corrected chi connectivity index (χ3v) is 4.24. The van der Waals surface area contributed by atoms with E-state index in [9.17, 15) is 4.79 Å². The Kier molecular flexibility index (Phi) is 3.60. The number of amides is 2. The summed E-state index contributed by atoms with van der Waals surface area (Å²) in [5.41, 5.74) is 2.59. The van der Waals surface area contributed by atoms with Crippen molar-refractivity contribution in [3.8, 4) is 0 Å². The van der Waals surface area contributed by atoms with Crippen molar-refractivity contribution < 1.29 is 4.79 Å². The van der Waals surface area contributed by atoms with Gasteiger partial charge >= 0.3 is 6.03 Å². The molecule has 0 unspecified atom stereocenters. The molecule has 7 heteroatoms. The van der Waals surface area contributed by atoms with Gasteiger partial charge in [-0.3, -0.25) is 4.98 Å². The molecule has 4 rings (SSSR count). The molecular formula is C17H18N6O. The van der Waals surface area contributed by atoms with Crippen molar-refractivity contribution in [3.05, 3.63) is 48.2 Å². The van der Waals surface area contributed by atoms with Crippen molar-refractivity contribution in [2.75, 3.05) is 5.32 Å². The van der Waals surface area contributed by atoms with Crippen LogP contribution in [0.5, 0.6) is 0 Å². The quantitative estimate of drug-likeness (QED) is 0.758. The maximum Gasteiger partial charge on any atom is 0.319 e. The van der Waals surface area contributed by atoms with Crippen LogP contribution < -0.4 is 10.6 Å². The van der Waals surface area contributed by atoms with Gasteiger partial charge in [-0.2, -0.15) is 5.10 Å². The van der Waals surface area contributed by atoms with Crippen molar-refractivity contribution in [1.29, 1.82) is 0 Å². The monoisotopic (exact) mass is 322 g/mol. The maximum atomic E-state index is 12.4. The number of aryl methyl sites for hydroxylation is 2. The number of fused-ring (bicyclic) bond motifs is 2. The third-order valence-electron chi connectivity index (χ3n) is 4.24. The number of pyridine rings is 1. The molecule has 3 heterocycles. The highest BCUT2D eigenvalue weighted by Crippen LogP contribution is 2.23. The molecular weight excluding hydrogens is 304 g/mol. The van der Waals surface area contributed by atoms with Crippen LogP contribution in [-0.2, 0) is 13.0 Å². The first kappa shape index (κ1) is 14.6. The molecule has 1 aliphatic rings. The van der Waals surface area contributed by atoms with E-state index < -0.39 is 0 Å². The zero-order chi connectivity index (χ0) is 16.5. The minimum absolute atomic E-state index is 0.0447. The molecule has 0 fully saturated rings. The number of hydrogen-bond donors (Lipinski definition) is 2. The number of anilines is 1. The van der Waals surface area contributed by atoms with Gasteiger partial charge in [0.2, 0.25) is 0 Å². The molecule has 1 aromatic carbocycles. The number of carbonyl (C=O) groups excluding carboxylic acids is 1. The van der Waals surface area contributed by atoms with Gasteiger partial charge in [0.05, 0.1) is 23.8 Å². The van der Waals surface area contributed by atoms with Crippen molar-refractivity contribution in [1.82, 2.24) is 25.1 Å². The van der Waals surface area contributed by atoms with E-state index in [2.05, 4.69) is 31.8 Å². The molecule has 0 saturated carbocycles. The Morgan fingerprint density at radius 3 is 3.17 bits per heavy atom. The second-order valence-corrected chi connectivity index (χ2v) is 6.08. The van der Waals surface area contributed by atoms with Crippen molar-refractivity contribution in [3.63, 3.8) is 0 Å². The zero-order valence-corrected chi connectivity index (χ0v) is 13.4. The molecule has 0 saturated heterocycles. The summed E-state index contributed by atoms with van der Waals surface area (Å²) in [7, 11) is 0. The maximum absolute atomic E-state index is 12.4. The van der Waals surface area contributed by atoms with Crippen LogP contribution >= 0.6 is 0 Å². The second-order valence-electron chi connectivity index (χ2n) is 6.08. The molecule has 0 aliphatic carbocycles. The molecule has 2 amide bonds. The summed E-state index contributed by atoms with van der Waals surface area (Å²) in [6.07, 6.45) is 4.97. The Bertz CT molecular complexity index is 903. The molecule has 24 heavy (non-hydrogen) atoms. The first-order chi connectivity index (χ1) is 11.7. The fourth-order valence-corrected chi connectivity index (χ4v) is 3.14. The molecule has 1 atom stereocenters. The summed E-state index contributed by atoms with van der Waals surface area (Å²) in [6, 6.07) is 7.70. The van der Waals surface area contributed by atoms with E-state index in [0.29, 0.717) is 6.54 Å². The fourth-order valence-electron chi connectivity index (χ4n) is 3.14. The number of urea groups is 1. The highest BCUT2D eigenvalue weighted by molar-refractivity contribution is 6.00. The lowest BCUT2D eigenvalue weighted by molar-refractivity contribution is 0.243. The molecule has 0 radical (unpaired) electrons. The van der Waals surface area contributed by atoms with E-state index in [1.165, 1.54) is 0 Å². The first-order valence-corrected chi connectivity index (χ1v) is 7.98. The number of nitrogens with zero attached hydrogens (tertiary/aromatic N) is 4. The van der Waals surface area contributed by atoms with E-state index in [1.54, 1.807) is 12.5 Å². The number of rotatable bonds is 2. The Morgan fingerprint density at radius 2 is 2.25 bits per heavy atom. The molecule has 2 aromatic heterocycles. The Labute approximate surface area is 139 Å². The number of benzene rings is 1. The summed E-state index contributed by atoms with van der Waals surface area (Å²) in [4.78, 5) is 21.0. The van der Waals surface area contributed by atoms with Crippen LogP contribution in [0.25, 0.3) is 10.9 Å². The van der Waals surface area contributed by atoms with Crippen LogP contribution in [0.4, 0.5) is 10.5 Å². The highest BCUT2D eigenvalue weighted by Gasteiger charge is 2.21. The van der Waals surface area contributed by atoms with E-state index in [1.807, 2.05) is 29.8 Å². The second kappa shape index (κ2) is 5.92. The number of carbonyl (C=O) groups is 1. The standard InChI is InChI=1S/C17H18N6O/c1-11-7-12-3-2-6-18-16(12)14(8-11)22-17(24)21-13-4-5-15-19-10-20-23(15)9-13/h2-3,6-8,10,13H,4-5,9H2,1H3,(H2,21,22,24)/t13-/m1/s1. The molecule has 0 spiro atoms. The fraction of sp³-hybridized carbons (Fsp3) is 0.294. The third kappa shape index (κ3) is 2.80. The van der Waals surface area contributed by atoms with Crippen LogP contribution in [0.3, 0.4) is 0 Å². The minimum Gasteiger partial charge on any atom is -0.333 e. The summed E-state index contributed by atoms with van der Waals surface area (Å²) in [5, 5.41) is 11.1. The molecule has 122 valence electrons. The van der Waals surface area contributed by atoms with Crippen molar-refractivity contribution >= 4 is 22.6 Å². The molecule has 3 aromatic rings. The number of nitrogens with one attached hydrogen (secondary N) is 2.